The lowest BCUT2D eigenvalue weighted by Crippen LogP contribution is -2.19. The number of hydrogen-bond donors (Lipinski definition) is 1. The molecule has 0 amide bonds. The van der Waals surface area contributed by atoms with Crippen LogP contribution in [0.3, 0.4) is 0 Å². The van der Waals surface area contributed by atoms with Crippen molar-refractivity contribution < 1.29 is 9.47 Å². The first kappa shape index (κ1) is 11.4. The molecule has 1 aliphatic rings. The zero-order chi connectivity index (χ0) is 12.8. The van der Waals surface area contributed by atoms with Crippen molar-refractivity contribution in [3.8, 4) is 11.5 Å². The van der Waals surface area contributed by atoms with Gasteiger partial charge in [-0.25, -0.2) is 0 Å². The number of methoxy groups -OCH3 is 2. The molecule has 0 radical (unpaired) electrons. The first-order valence-electron chi connectivity index (χ1n) is 6.13. The molecule has 2 N–H and O–H groups in total. The molecule has 0 aromatic heterocycles. The van der Waals surface area contributed by atoms with Gasteiger partial charge in [0.2, 0.25) is 0 Å². The minimum atomic E-state index is -0.192. The van der Waals surface area contributed by atoms with E-state index >= 15 is 0 Å². The summed E-state index contributed by atoms with van der Waals surface area (Å²) in [5.74, 6) is 1.74. The molecule has 1 fully saturated rings. The van der Waals surface area contributed by atoms with Crippen LogP contribution in [0.2, 0.25) is 0 Å². The Balaban J connectivity index is 2.30. The van der Waals surface area contributed by atoms with Crippen molar-refractivity contribution in [1.29, 1.82) is 0 Å². The second-order valence-corrected chi connectivity index (χ2v) is 4.86. The van der Waals surface area contributed by atoms with Crippen molar-refractivity contribution in [3.63, 3.8) is 0 Å². The standard InChI is InChI=1S/C15H17NO2/c1-17-13-5-3-4-11-10(13)6-7-12(14(11)18-2)15(16)8-9-15/h3-7H,8-9,16H2,1-2H3. The fraction of sp³-hybridized carbons (Fsp3) is 0.333. The normalized spacial score (nSPS) is 16.6. The minimum absolute atomic E-state index is 0.192. The maximum absolute atomic E-state index is 6.29. The Kier molecular flexibility index (Phi) is 2.45. The highest BCUT2D eigenvalue weighted by molar-refractivity contribution is 5.94. The molecule has 0 bridgehead atoms. The molecule has 3 nitrogen and oxygen atoms in total. The highest BCUT2D eigenvalue weighted by atomic mass is 16.5. The average Bonchev–Trinajstić information content (AvgIpc) is 3.15. The third-order valence-electron chi connectivity index (χ3n) is 3.72. The van der Waals surface area contributed by atoms with E-state index in [-0.39, 0.29) is 5.54 Å². The SMILES string of the molecule is COc1cccc2c(OC)c(C3(N)CC3)ccc12. The summed E-state index contributed by atoms with van der Waals surface area (Å²) in [5.41, 5.74) is 7.21. The van der Waals surface area contributed by atoms with Crippen molar-refractivity contribution in [1.82, 2.24) is 0 Å². The molecule has 18 heavy (non-hydrogen) atoms. The minimum Gasteiger partial charge on any atom is -0.496 e. The number of ether oxygens (including phenoxy) is 2. The van der Waals surface area contributed by atoms with Gasteiger partial charge in [-0.2, -0.15) is 0 Å². The molecule has 0 heterocycles. The van der Waals surface area contributed by atoms with Crippen molar-refractivity contribution in [2.75, 3.05) is 14.2 Å². The van der Waals surface area contributed by atoms with Crippen molar-refractivity contribution in [2.24, 2.45) is 5.73 Å². The monoisotopic (exact) mass is 243 g/mol. The number of fused-ring (bicyclic) bond motifs is 1. The molecule has 2 aromatic rings. The molecule has 1 aliphatic carbocycles. The van der Waals surface area contributed by atoms with Gasteiger partial charge in [-0.15, -0.1) is 0 Å². The van der Waals surface area contributed by atoms with Gasteiger partial charge in [0.1, 0.15) is 11.5 Å². The second kappa shape index (κ2) is 3.89. The molecule has 0 atom stereocenters. The quantitative estimate of drug-likeness (QED) is 0.901. The lowest BCUT2D eigenvalue weighted by atomic mass is 9.98. The molecule has 2 aromatic carbocycles. The van der Waals surface area contributed by atoms with Crippen LogP contribution in [0, 0.1) is 0 Å². The van der Waals surface area contributed by atoms with E-state index in [1.165, 1.54) is 0 Å². The smallest absolute Gasteiger partial charge is 0.131 e. The summed E-state index contributed by atoms with van der Waals surface area (Å²) in [6.07, 6.45) is 2.05. The van der Waals surface area contributed by atoms with E-state index in [9.17, 15) is 0 Å². The van der Waals surface area contributed by atoms with E-state index in [0.29, 0.717) is 0 Å². The molecule has 3 heteroatoms. The van der Waals surface area contributed by atoms with Gasteiger partial charge in [0.05, 0.1) is 14.2 Å². The van der Waals surface area contributed by atoms with Gasteiger partial charge in [0.15, 0.2) is 0 Å². The van der Waals surface area contributed by atoms with Crippen LogP contribution in [0.5, 0.6) is 11.5 Å². The number of hydrogen-bond acceptors (Lipinski definition) is 3. The Morgan fingerprint density at radius 2 is 1.78 bits per heavy atom. The summed E-state index contributed by atoms with van der Waals surface area (Å²) in [4.78, 5) is 0. The van der Waals surface area contributed by atoms with Crippen LogP contribution < -0.4 is 15.2 Å². The molecular formula is C15H17NO2. The van der Waals surface area contributed by atoms with Crippen molar-refractivity contribution >= 4 is 10.8 Å². The van der Waals surface area contributed by atoms with E-state index in [1.54, 1.807) is 14.2 Å². The van der Waals surface area contributed by atoms with E-state index in [1.807, 2.05) is 18.2 Å². The molecule has 94 valence electrons. The molecule has 0 unspecified atom stereocenters. The van der Waals surface area contributed by atoms with Crippen LogP contribution in [-0.4, -0.2) is 14.2 Å². The zero-order valence-electron chi connectivity index (χ0n) is 10.7. The third-order valence-corrected chi connectivity index (χ3v) is 3.72. The Labute approximate surface area is 106 Å². The van der Waals surface area contributed by atoms with Gasteiger partial charge in [-0.3, -0.25) is 0 Å². The Bertz CT molecular complexity index is 603. The predicted molar refractivity (Wildman–Crippen MR) is 72.2 cm³/mol. The highest BCUT2D eigenvalue weighted by Gasteiger charge is 2.42. The van der Waals surface area contributed by atoms with Crippen LogP contribution in [0.1, 0.15) is 18.4 Å². The summed E-state index contributed by atoms with van der Waals surface area (Å²) in [6.45, 7) is 0. The first-order chi connectivity index (χ1) is 8.69. The van der Waals surface area contributed by atoms with Gasteiger partial charge in [-0.1, -0.05) is 24.3 Å². The Morgan fingerprint density at radius 1 is 1.00 bits per heavy atom. The van der Waals surface area contributed by atoms with Gasteiger partial charge >= 0.3 is 0 Å². The average molecular weight is 243 g/mol. The van der Waals surface area contributed by atoms with Crippen molar-refractivity contribution in [3.05, 3.63) is 35.9 Å². The van der Waals surface area contributed by atoms with Crippen molar-refractivity contribution in [2.45, 2.75) is 18.4 Å². The number of benzene rings is 2. The fourth-order valence-electron chi connectivity index (χ4n) is 2.50. The highest BCUT2D eigenvalue weighted by Crippen LogP contribution is 2.49. The largest absolute Gasteiger partial charge is 0.496 e. The Hall–Kier alpha value is -1.74. The molecule has 3 rings (SSSR count). The first-order valence-corrected chi connectivity index (χ1v) is 6.13. The zero-order valence-corrected chi connectivity index (χ0v) is 10.7. The van der Waals surface area contributed by atoms with Gasteiger partial charge in [0, 0.05) is 21.9 Å². The summed E-state index contributed by atoms with van der Waals surface area (Å²) >= 11 is 0. The molecule has 0 aliphatic heterocycles. The lowest BCUT2D eigenvalue weighted by Gasteiger charge is -2.17. The Morgan fingerprint density at radius 3 is 2.39 bits per heavy atom. The molecule has 0 saturated heterocycles. The topological polar surface area (TPSA) is 44.5 Å². The van der Waals surface area contributed by atoms with Crippen LogP contribution in [0.4, 0.5) is 0 Å². The van der Waals surface area contributed by atoms with E-state index < -0.39 is 0 Å². The van der Waals surface area contributed by atoms with Gasteiger partial charge in [-0.05, 0) is 18.9 Å². The van der Waals surface area contributed by atoms with Crippen LogP contribution in [0.15, 0.2) is 30.3 Å². The van der Waals surface area contributed by atoms with E-state index in [0.717, 1.165) is 40.7 Å². The van der Waals surface area contributed by atoms with E-state index in [4.69, 9.17) is 15.2 Å². The van der Waals surface area contributed by atoms with E-state index in [2.05, 4.69) is 12.1 Å². The lowest BCUT2D eigenvalue weighted by molar-refractivity contribution is 0.408. The maximum atomic E-state index is 6.29. The van der Waals surface area contributed by atoms with Gasteiger partial charge < -0.3 is 15.2 Å². The summed E-state index contributed by atoms with van der Waals surface area (Å²) in [5, 5.41) is 2.12. The maximum Gasteiger partial charge on any atom is 0.131 e. The van der Waals surface area contributed by atoms with Crippen LogP contribution >= 0.6 is 0 Å². The molecule has 0 spiro atoms. The van der Waals surface area contributed by atoms with Crippen LogP contribution in [-0.2, 0) is 5.54 Å². The van der Waals surface area contributed by atoms with Crippen LogP contribution in [0.25, 0.3) is 10.8 Å². The summed E-state index contributed by atoms with van der Waals surface area (Å²) < 4.78 is 11.0. The number of rotatable bonds is 3. The fourth-order valence-corrected chi connectivity index (χ4v) is 2.50. The summed E-state index contributed by atoms with van der Waals surface area (Å²) in [7, 11) is 3.38. The second-order valence-electron chi connectivity index (χ2n) is 4.86. The van der Waals surface area contributed by atoms with Gasteiger partial charge in [0.25, 0.3) is 0 Å². The predicted octanol–water partition coefficient (Wildman–Crippen LogP) is 2.80. The summed E-state index contributed by atoms with van der Waals surface area (Å²) in [6, 6.07) is 10.1. The third kappa shape index (κ3) is 1.55. The number of nitrogens with two attached hydrogens (primary N) is 1. The molecular weight excluding hydrogens is 226 g/mol. The molecule has 1 saturated carbocycles.